The fraction of sp³-hybridized carbons (Fsp3) is 0.400. The molecule has 0 unspecified atom stereocenters. The third kappa shape index (κ3) is 2.61. The SMILES string of the molecule is CCC[C@H](N)c1ccc(O)c(Cl)c1. The van der Waals surface area contributed by atoms with E-state index in [0.29, 0.717) is 5.02 Å². The van der Waals surface area contributed by atoms with Gasteiger partial charge in [-0.15, -0.1) is 0 Å². The average Bonchev–Trinajstić information content (AvgIpc) is 2.10. The van der Waals surface area contributed by atoms with Crippen LogP contribution in [0.25, 0.3) is 0 Å². The molecule has 1 rings (SSSR count). The highest BCUT2D eigenvalue weighted by Crippen LogP contribution is 2.27. The summed E-state index contributed by atoms with van der Waals surface area (Å²) < 4.78 is 0. The van der Waals surface area contributed by atoms with Gasteiger partial charge in [0, 0.05) is 6.04 Å². The topological polar surface area (TPSA) is 46.2 Å². The van der Waals surface area contributed by atoms with Crippen molar-refractivity contribution < 1.29 is 5.11 Å². The van der Waals surface area contributed by atoms with E-state index in [0.717, 1.165) is 18.4 Å². The molecule has 1 aromatic rings. The Bertz CT molecular complexity index is 288. The molecule has 0 fully saturated rings. The second kappa shape index (κ2) is 4.49. The fourth-order valence-electron chi connectivity index (χ4n) is 1.23. The summed E-state index contributed by atoms with van der Waals surface area (Å²) in [6, 6.07) is 5.12. The van der Waals surface area contributed by atoms with Gasteiger partial charge in [-0.1, -0.05) is 31.0 Å². The van der Waals surface area contributed by atoms with Crippen LogP contribution in [0, 0.1) is 0 Å². The van der Waals surface area contributed by atoms with Crippen LogP contribution in [0.1, 0.15) is 31.4 Å². The van der Waals surface area contributed by atoms with Gasteiger partial charge in [-0.2, -0.15) is 0 Å². The minimum atomic E-state index is 0.0168. The number of halogens is 1. The van der Waals surface area contributed by atoms with E-state index in [1.807, 2.05) is 6.07 Å². The maximum absolute atomic E-state index is 9.18. The lowest BCUT2D eigenvalue weighted by molar-refractivity contribution is 0.475. The van der Waals surface area contributed by atoms with E-state index in [2.05, 4.69) is 6.92 Å². The van der Waals surface area contributed by atoms with Crippen LogP contribution in [0.2, 0.25) is 5.02 Å². The molecule has 1 aromatic carbocycles. The number of aromatic hydroxyl groups is 1. The van der Waals surface area contributed by atoms with Crippen molar-refractivity contribution in [3.63, 3.8) is 0 Å². The Kier molecular flexibility index (Phi) is 3.58. The molecule has 13 heavy (non-hydrogen) atoms. The van der Waals surface area contributed by atoms with Gasteiger partial charge in [-0.25, -0.2) is 0 Å². The first-order valence-corrected chi connectivity index (χ1v) is 4.77. The maximum Gasteiger partial charge on any atom is 0.134 e. The molecule has 0 aliphatic rings. The minimum Gasteiger partial charge on any atom is -0.506 e. The molecule has 0 saturated carbocycles. The molecular formula is C10H14ClNO. The number of rotatable bonds is 3. The summed E-state index contributed by atoms with van der Waals surface area (Å²) in [4.78, 5) is 0. The zero-order chi connectivity index (χ0) is 9.84. The highest BCUT2D eigenvalue weighted by Gasteiger charge is 2.06. The normalized spacial score (nSPS) is 12.8. The molecule has 72 valence electrons. The summed E-state index contributed by atoms with van der Waals surface area (Å²) in [6.07, 6.45) is 1.97. The predicted octanol–water partition coefficient (Wildman–Crippen LogP) is 2.85. The van der Waals surface area contributed by atoms with Gasteiger partial charge in [0.15, 0.2) is 0 Å². The third-order valence-electron chi connectivity index (χ3n) is 2.00. The molecule has 0 radical (unpaired) electrons. The van der Waals surface area contributed by atoms with Crippen LogP contribution in [0.5, 0.6) is 5.75 Å². The predicted molar refractivity (Wildman–Crippen MR) is 55.0 cm³/mol. The number of phenolic OH excluding ortho intramolecular Hbond substituents is 1. The van der Waals surface area contributed by atoms with Crippen molar-refractivity contribution in [3.8, 4) is 5.75 Å². The van der Waals surface area contributed by atoms with Crippen LogP contribution in [0.4, 0.5) is 0 Å². The Morgan fingerprint density at radius 3 is 2.77 bits per heavy atom. The van der Waals surface area contributed by atoms with Gasteiger partial charge in [0.05, 0.1) is 5.02 Å². The van der Waals surface area contributed by atoms with E-state index in [9.17, 15) is 5.11 Å². The van der Waals surface area contributed by atoms with E-state index in [-0.39, 0.29) is 11.8 Å². The van der Waals surface area contributed by atoms with Crippen LogP contribution in [0.3, 0.4) is 0 Å². The summed E-state index contributed by atoms with van der Waals surface area (Å²) in [6.45, 7) is 2.09. The largest absolute Gasteiger partial charge is 0.506 e. The number of nitrogens with two attached hydrogens (primary N) is 1. The van der Waals surface area contributed by atoms with Crippen molar-refractivity contribution in [3.05, 3.63) is 28.8 Å². The van der Waals surface area contributed by atoms with Gasteiger partial charge >= 0.3 is 0 Å². The molecule has 0 saturated heterocycles. The molecule has 2 nitrogen and oxygen atoms in total. The summed E-state index contributed by atoms with van der Waals surface area (Å²) in [5.41, 5.74) is 6.86. The zero-order valence-corrected chi connectivity index (χ0v) is 8.38. The molecule has 3 N–H and O–H groups in total. The van der Waals surface area contributed by atoms with E-state index < -0.39 is 0 Å². The summed E-state index contributed by atoms with van der Waals surface area (Å²) >= 11 is 5.75. The van der Waals surface area contributed by atoms with Crippen LogP contribution in [-0.2, 0) is 0 Å². The van der Waals surface area contributed by atoms with Crippen molar-refractivity contribution in [1.29, 1.82) is 0 Å². The van der Waals surface area contributed by atoms with E-state index >= 15 is 0 Å². The first kappa shape index (κ1) is 10.4. The lowest BCUT2D eigenvalue weighted by Crippen LogP contribution is -2.09. The summed E-state index contributed by atoms with van der Waals surface area (Å²) in [5, 5.41) is 9.55. The lowest BCUT2D eigenvalue weighted by atomic mass is 10.0. The zero-order valence-electron chi connectivity index (χ0n) is 7.63. The Balaban J connectivity index is 2.84. The van der Waals surface area contributed by atoms with Gasteiger partial charge in [-0.05, 0) is 24.1 Å². The second-order valence-electron chi connectivity index (χ2n) is 3.11. The lowest BCUT2D eigenvalue weighted by Gasteiger charge is -2.11. The summed E-state index contributed by atoms with van der Waals surface area (Å²) in [5.74, 6) is 0.106. The van der Waals surface area contributed by atoms with Gasteiger partial charge in [0.1, 0.15) is 5.75 Å². The van der Waals surface area contributed by atoms with Gasteiger partial charge in [0.2, 0.25) is 0 Å². The standard InChI is InChI=1S/C10H14ClNO/c1-2-3-9(12)7-4-5-10(13)8(11)6-7/h4-6,9,13H,2-3,12H2,1H3/t9-/m0/s1. The van der Waals surface area contributed by atoms with Gasteiger partial charge < -0.3 is 10.8 Å². The van der Waals surface area contributed by atoms with E-state index in [1.54, 1.807) is 12.1 Å². The first-order valence-electron chi connectivity index (χ1n) is 4.39. The fourth-order valence-corrected chi connectivity index (χ4v) is 1.42. The van der Waals surface area contributed by atoms with Crippen molar-refractivity contribution in [2.24, 2.45) is 5.73 Å². The number of phenols is 1. The molecule has 0 bridgehead atoms. The van der Waals surface area contributed by atoms with Crippen LogP contribution < -0.4 is 5.73 Å². The van der Waals surface area contributed by atoms with Gasteiger partial charge in [0.25, 0.3) is 0 Å². The van der Waals surface area contributed by atoms with Crippen LogP contribution >= 0.6 is 11.6 Å². The Labute approximate surface area is 83.3 Å². The molecule has 1 atom stereocenters. The Hall–Kier alpha value is -0.730. The third-order valence-corrected chi connectivity index (χ3v) is 2.30. The average molecular weight is 200 g/mol. The van der Waals surface area contributed by atoms with Crippen LogP contribution in [-0.4, -0.2) is 5.11 Å². The van der Waals surface area contributed by atoms with E-state index in [4.69, 9.17) is 17.3 Å². The molecule has 0 amide bonds. The van der Waals surface area contributed by atoms with Crippen LogP contribution in [0.15, 0.2) is 18.2 Å². The molecular weight excluding hydrogens is 186 g/mol. The molecule has 0 spiro atoms. The quantitative estimate of drug-likeness (QED) is 0.787. The van der Waals surface area contributed by atoms with Crippen molar-refractivity contribution in [1.82, 2.24) is 0 Å². The molecule has 0 heterocycles. The monoisotopic (exact) mass is 199 g/mol. The minimum absolute atomic E-state index is 0.0168. The highest BCUT2D eigenvalue weighted by atomic mass is 35.5. The summed E-state index contributed by atoms with van der Waals surface area (Å²) in [7, 11) is 0. The molecule has 0 aliphatic carbocycles. The maximum atomic E-state index is 9.18. The smallest absolute Gasteiger partial charge is 0.134 e. The molecule has 3 heteroatoms. The van der Waals surface area contributed by atoms with Crippen molar-refractivity contribution in [2.75, 3.05) is 0 Å². The first-order chi connectivity index (χ1) is 6.15. The number of benzene rings is 1. The number of hydrogen-bond acceptors (Lipinski definition) is 2. The molecule has 0 aromatic heterocycles. The Morgan fingerprint density at radius 1 is 1.54 bits per heavy atom. The second-order valence-corrected chi connectivity index (χ2v) is 3.51. The highest BCUT2D eigenvalue weighted by molar-refractivity contribution is 6.32. The van der Waals surface area contributed by atoms with E-state index in [1.165, 1.54) is 0 Å². The Morgan fingerprint density at radius 2 is 2.23 bits per heavy atom. The molecule has 0 aliphatic heterocycles. The van der Waals surface area contributed by atoms with Gasteiger partial charge in [-0.3, -0.25) is 0 Å². The van der Waals surface area contributed by atoms with Crippen molar-refractivity contribution in [2.45, 2.75) is 25.8 Å². The van der Waals surface area contributed by atoms with Crippen molar-refractivity contribution >= 4 is 11.6 Å². The number of hydrogen-bond donors (Lipinski definition) is 2.